The number of aryl methyl sites for hydroxylation is 1. The molecule has 5 nitrogen and oxygen atoms in total. The van der Waals surface area contributed by atoms with Crippen molar-refractivity contribution in [3.05, 3.63) is 83.1 Å². The summed E-state index contributed by atoms with van der Waals surface area (Å²) in [5.41, 5.74) is 5.87. The molecular weight excluding hydrogens is 456 g/mol. The summed E-state index contributed by atoms with van der Waals surface area (Å²) >= 11 is 3.72. The Balaban J connectivity index is 1.81. The largest absolute Gasteiger partial charge is 0.497 e. The number of halogens is 1. The molecule has 4 rings (SSSR count). The summed E-state index contributed by atoms with van der Waals surface area (Å²) in [5, 5.41) is 0. The van der Waals surface area contributed by atoms with Gasteiger partial charge in [0.2, 0.25) is 5.91 Å². The second-order valence-electron chi connectivity index (χ2n) is 7.39. The quantitative estimate of drug-likeness (QED) is 0.436. The monoisotopic (exact) mass is 478 g/mol. The lowest BCUT2D eigenvalue weighted by atomic mass is 10.0. The standard InChI is InChI=1S/C25H23BrN2O3/c1-4-5-18-10-17(7-6-16(18)2)14-28-22-11-19(30-3)8-9-20(22)25(26)21(12-24(28)29)23-13-27-15-31-23/h4-11,13,15H,12,14H2,1-3H3/b5-4+. The normalized spacial score (nSPS) is 14.2. The summed E-state index contributed by atoms with van der Waals surface area (Å²) in [4.78, 5) is 19.3. The SMILES string of the molecule is C/C=C/c1cc(CN2C(=O)CC(c3cnco3)=C(Br)c3ccc(OC)cc32)ccc1C. The summed E-state index contributed by atoms with van der Waals surface area (Å²) < 4.78 is 11.8. The fourth-order valence-electron chi connectivity index (χ4n) is 3.73. The summed E-state index contributed by atoms with van der Waals surface area (Å²) in [6.07, 6.45) is 7.31. The van der Waals surface area contributed by atoms with Gasteiger partial charge in [-0.3, -0.25) is 4.79 Å². The topological polar surface area (TPSA) is 55.6 Å². The lowest BCUT2D eigenvalue weighted by molar-refractivity contribution is -0.117. The van der Waals surface area contributed by atoms with Crippen LogP contribution < -0.4 is 9.64 Å². The van der Waals surface area contributed by atoms with Gasteiger partial charge >= 0.3 is 0 Å². The highest BCUT2D eigenvalue weighted by atomic mass is 79.9. The molecule has 2 aromatic carbocycles. The molecule has 0 spiro atoms. The van der Waals surface area contributed by atoms with Gasteiger partial charge in [0.15, 0.2) is 12.2 Å². The third-order valence-corrected chi connectivity index (χ3v) is 6.29. The second-order valence-corrected chi connectivity index (χ2v) is 8.18. The Labute approximate surface area is 190 Å². The average Bonchev–Trinajstić information content (AvgIpc) is 3.28. The van der Waals surface area contributed by atoms with E-state index in [1.807, 2.05) is 36.1 Å². The van der Waals surface area contributed by atoms with E-state index in [-0.39, 0.29) is 12.3 Å². The number of fused-ring (bicyclic) bond motifs is 1. The van der Waals surface area contributed by atoms with Crippen molar-refractivity contribution in [2.45, 2.75) is 26.8 Å². The van der Waals surface area contributed by atoms with E-state index in [0.29, 0.717) is 18.1 Å². The lowest BCUT2D eigenvalue weighted by Gasteiger charge is -2.24. The zero-order chi connectivity index (χ0) is 22.0. The van der Waals surface area contributed by atoms with Crippen LogP contribution in [-0.2, 0) is 11.3 Å². The molecule has 0 bridgehead atoms. The molecule has 1 aliphatic rings. The smallest absolute Gasteiger partial charge is 0.231 e. The number of allylic oxidation sites excluding steroid dienone is 1. The summed E-state index contributed by atoms with van der Waals surface area (Å²) in [7, 11) is 1.62. The molecule has 3 aromatic rings. The molecule has 1 amide bonds. The Hall–Kier alpha value is -3.12. The van der Waals surface area contributed by atoms with Crippen LogP contribution in [0.3, 0.4) is 0 Å². The molecule has 0 atom stereocenters. The first-order chi connectivity index (χ1) is 15.0. The van der Waals surface area contributed by atoms with Crippen LogP contribution in [0.2, 0.25) is 0 Å². The number of nitrogens with zero attached hydrogens (tertiary/aromatic N) is 2. The van der Waals surface area contributed by atoms with Gasteiger partial charge in [-0.25, -0.2) is 4.98 Å². The number of ether oxygens (including phenoxy) is 1. The number of hydrogen-bond donors (Lipinski definition) is 0. The summed E-state index contributed by atoms with van der Waals surface area (Å²) in [5.74, 6) is 1.25. The molecule has 0 aliphatic carbocycles. The van der Waals surface area contributed by atoms with Gasteiger partial charge < -0.3 is 14.1 Å². The van der Waals surface area contributed by atoms with Crippen LogP contribution in [0.15, 0.2) is 59.5 Å². The van der Waals surface area contributed by atoms with Crippen LogP contribution in [0.1, 0.15) is 41.4 Å². The number of rotatable bonds is 5. The Morgan fingerprint density at radius 2 is 2.10 bits per heavy atom. The number of aromatic nitrogens is 1. The number of hydrogen-bond acceptors (Lipinski definition) is 4. The van der Waals surface area contributed by atoms with E-state index < -0.39 is 0 Å². The van der Waals surface area contributed by atoms with E-state index in [1.165, 1.54) is 12.0 Å². The average molecular weight is 479 g/mol. The first kappa shape index (κ1) is 21.1. The van der Waals surface area contributed by atoms with Gasteiger partial charge in [-0.2, -0.15) is 0 Å². The molecule has 1 aliphatic heterocycles. The maximum Gasteiger partial charge on any atom is 0.231 e. The van der Waals surface area contributed by atoms with Crippen LogP contribution >= 0.6 is 15.9 Å². The van der Waals surface area contributed by atoms with Crippen LogP contribution in [0.25, 0.3) is 16.1 Å². The fraction of sp³-hybridized carbons (Fsp3) is 0.200. The van der Waals surface area contributed by atoms with E-state index in [4.69, 9.17) is 9.15 Å². The minimum atomic E-state index is -0.0245. The highest BCUT2D eigenvalue weighted by Gasteiger charge is 2.29. The lowest BCUT2D eigenvalue weighted by Crippen LogP contribution is -2.30. The molecule has 0 saturated heterocycles. The molecular formula is C25H23BrN2O3. The van der Waals surface area contributed by atoms with Crippen molar-refractivity contribution in [2.24, 2.45) is 0 Å². The Morgan fingerprint density at radius 3 is 2.81 bits per heavy atom. The minimum absolute atomic E-state index is 0.0245. The summed E-state index contributed by atoms with van der Waals surface area (Å²) in [6.45, 7) is 4.54. The van der Waals surface area contributed by atoms with Gasteiger partial charge in [-0.1, -0.05) is 24.3 Å². The van der Waals surface area contributed by atoms with E-state index >= 15 is 0 Å². The molecule has 0 radical (unpaired) electrons. The van der Waals surface area contributed by atoms with Crippen molar-refractivity contribution in [2.75, 3.05) is 12.0 Å². The number of oxazole rings is 1. The van der Waals surface area contributed by atoms with Gasteiger partial charge in [0.05, 0.1) is 32.0 Å². The maximum atomic E-state index is 13.5. The van der Waals surface area contributed by atoms with E-state index in [0.717, 1.165) is 32.4 Å². The maximum absolute atomic E-state index is 13.5. The molecule has 0 unspecified atom stereocenters. The van der Waals surface area contributed by atoms with Gasteiger partial charge in [0.1, 0.15) is 5.75 Å². The zero-order valence-electron chi connectivity index (χ0n) is 17.7. The number of benzene rings is 2. The molecule has 1 aromatic heterocycles. The van der Waals surface area contributed by atoms with Crippen LogP contribution in [0, 0.1) is 6.92 Å². The van der Waals surface area contributed by atoms with E-state index in [9.17, 15) is 4.79 Å². The second kappa shape index (κ2) is 8.94. The van der Waals surface area contributed by atoms with Crippen molar-refractivity contribution in [3.63, 3.8) is 0 Å². The molecule has 158 valence electrons. The fourth-order valence-corrected chi connectivity index (χ4v) is 4.40. The molecule has 0 fully saturated rings. The van der Waals surface area contributed by atoms with Crippen molar-refractivity contribution in [1.29, 1.82) is 0 Å². The third-order valence-electron chi connectivity index (χ3n) is 5.39. The number of amides is 1. The summed E-state index contributed by atoms with van der Waals surface area (Å²) in [6, 6.07) is 12.0. The highest BCUT2D eigenvalue weighted by molar-refractivity contribution is 9.15. The Bertz CT molecular complexity index is 1180. The van der Waals surface area contributed by atoms with Crippen LogP contribution in [0.5, 0.6) is 5.75 Å². The first-order valence-corrected chi connectivity index (χ1v) is 10.8. The third kappa shape index (κ3) is 4.21. The molecule has 6 heteroatoms. The molecule has 0 saturated carbocycles. The molecule has 0 N–H and O–H groups in total. The first-order valence-electron chi connectivity index (χ1n) is 10.00. The van der Waals surface area contributed by atoms with Crippen LogP contribution in [0.4, 0.5) is 5.69 Å². The number of methoxy groups -OCH3 is 1. The predicted molar refractivity (Wildman–Crippen MR) is 127 cm³/mol. The predicted octanol–water partition coefficient (Wildman–Crippen LogP) is 6.22. The number of carbonyl (C=O) groups excluding carboxylic acids is 1. The van der Waals surface area contributed by atoms with Gasteiger partial charge in [0.25, 0.3) is 0 Å². The number of anilines is 1. The van der Waals surface area contributed by atoms with E-state index in [2.05, 4.69) is 52.1 Å². The minimum Gasteiger partial charge on any atom is -0.497 e. The van der Waals surface area contributed by atoms with Gasteiger partial charge in [-0.05, 0) is 64.7 Å². The number of carbonyl (C=O) groups is 1. The molecule has 31 heavy (non-hydrogen) atoms. The van der Waals surface area contributed by atoms with Crippen molar-refractivity contribution >= 4 is 43.7 Å². The van der Waals surface area contributed by atoms with Crippen molar-refractivity contribution in [3.8, 4) is 5.75 Å². The van der Waals surface area contributed by atoms with Crippen molar-refractivity contribution in [1.82, 2.24) is 4.98 Å². The van der Waals surface area contributed by atoms with E-state index in [1.54, 1.807) is 13.3 Å². The van der Waals surface area contributed by atoms with Crippen molar-refractivity contribution < 1.29 is 13.9 Å². The van der Waals surface area contributed by atoms with Crippen LogP contribution in [-0.4, -0.2) is 18.0 Å². The highest BCUT2D eigenvalue weighted by Crippen LogP contribution is 2.43. The Morgan fingerprint density at radius 1 is 1.26 bits per heavy atom. The Kier molecular flexibility index (Phi) is 6.09. The van der Waals surface area contributed by atoms with Gasteiger partial charge in [0, 0.05) is 21.7 Å². The van der Waals surface area contributed by atoms with Gasteiger partial charge in [-0.15, -0.1) is 0 Å². The molecule has 2 heterocycles. The zero-order valence-corrected chi connectivity index (χ0v) is 19.3.